The van der Waals surface area contributed by atoms with Crippen LogP contribution in [0.3, 0.4) is 0 Å². The molecule has 1 aliphatic rings. The number of carbonyl (C=O) groups is 2. The lowest BCUT2D eigenvalue weighted by atomic mass is 10.1. The van der Waals surface area contributed by atoms with Crippen molar-refractivity contribution in [1.82, 2.24) is 4.90 Å². The Labute approximate surface area is 140 Å². The highest BCUT2D eigenvalue weighted by Crippen LogP contribution is 2.37. The Balaban J connectivity index is 2.31. The largest absolute Gasteiger partial charge is 0.507 e. The number of allylic oxidation sites excluding steroid dienone is 1. The van der Waals surface area contributed by atoms with Crippen LogP contribution >= 0.6 is 11.8 Å². The molecule has 24 heavy (non-hydrogen) atoms. The average molecular weight is 357 g/mol. The Morgan fingerprint density at radius 3 is 2.54 bits per heavy atom. The molecule has 0 atom stereocenters. The van der Waals surface area contributed by atoms with E-state index in [0.29, 0.717) is 11.8 Å². The van der Waals surface area contributed by atoms with Crippen molar-refractivity contribution in [2.75, 3.05) is 6.54 Å². The Hall–Kier alpha value is -2.22. The minimum Gasteiger partial charge on any atom is -0.507 e. The fourth-order valence-electron chi connectivity index (χ4n) is 1.95. The van der Waals surface area contributed by atoms with E-state index in [1.807, 2.05) is 13.8 Å². The van der Waals surface area contributed by atoms with Crippen LogP contribution in [0.5, 0.6) is 5.75 Å². The van der Waals surface area contributed by atoms with Gasteiger partial charge in [0.25, 0.3) is 11.1 Å². The third-order valence-electron chi connectivity index (χ3n) is 3.18. The Morgan fingerprint density at radius 2 is 1.96 bits per heavy atom. The molecule has 0 radical (unpaired) electrons. The van der Waals surface area contributed by atoms with Crippen LogP contribution in [0.1, 0.15) is 25.0 Å². The van der Waals surface area contributed by atoms with Crippen molar-refractivity contribution in [3.63, 3.8) is 0 Å². The van der Waals surface area contributed by atoms with Crippen LogP contribution in [0.15, 0.2) is 34.8 Å². The monoisotopic (exact) mass is 357 g/mol. The fraction of sp³-hybridized carbons (Fsp3) is 0.250. The van der Waals surface area contributed by atoms with E-state index in [0.717, 1.165) is 22.6 Å². The fourth-order valence-corrected chi connectivity index (χ4v) is 2.80. The SMILES string of the molecule is CC(C)=CCN1C(=O)S/C(=C/c2ccc(O)c(C(F)(F)F)c2)C1=O. The molecule has 2 rings (SSSR count). The van der Waals surface area contributed by atoms with Gasteiger partial charge in [0.05, 0.1) is 10.5 Å². The van der Waals surface area contributed by atoms with Crippen molar-refractivity contribution in [1.29, 1.82) is 0 Å². The molecule has 0 saturated carbocycles. The van der Waals surface area contributed by atoms with E-state index in [4.69, 9.17) is 0 Å². The molecule has 0 unspecified atom stereocenters. The first kappa shape index (κ1) is 18.1. The number of hydrogen-bond donors (Lipinski definition) is 1. The first-order valence-electron chi connectivity index (χ1n) is 6.88. The number of aromatic hydroxyl groups is 1. The van der Waals surface area contributed by atoms with Crippen LogP contribution in [-0.4, -0.2) is 27.7 Å². The Morgan fingerprint density at radius 1 is 1.29 bits per heavy atom. The molecule has 0 aliphatic carbocycles. The molecule has 1 aromatic rings. The lowest BCUT2D eigenvalue weighted by Gasteiger charge is -2.10. The average Bonchev–Trinajstić information content (AvgIpc) is 2.72. The van der Waals surface area contributed by atoms with Crippen molar-refractivity contribution in [3.05, 3.63) is 45.9 Å². The van der Waals surface area contributed by atoms with Crippen LogP contribution in [0.25, 0.3) is 6.08 Å². The van der Waals surface area contributed by atoms with Crippen LogP contribution in [0.4, 0.5) is 18.0 Å². The second kappa shape index (κ2) is 6.72. The summed E-state index contributed by atoms with van der Waals surface area (Å²) in [5, 5.41) is 8.83. The molecule has 0 spiro atoms. The first-order chi connectivity index (χ1) is 11.1. The second-order valence-electron chi connectivity index (χ2n) is 5.35. The summed E-state index contributed by atoms with van der Waals surface area (Å²) in [6, 6.07) is 2.89. The van der Waals surface area contributed by atoms with Crippen molar-refractivity contribution >= 4 is 29.0 Å². The minimum atomic E-state index is -4.71. The van der Waals surface area contributed by atoms with Gasteiger partial charge in [-0.05, 0) is 49.4 Å². The first-order valence-corrected chi connectivity index (χ1v) is 7.70. The lowest BCUT2D eigenvalue weighted by Crippen LogP contribution is -2.28. The van der Waals surface area contributed by atoms with E-state index in [-0.39, 0.29) is 17.0 Å². The van der Waals surface area contributed by atoms with Gasteiger partial charge in [-0.25, -0.2) is 0 Å². The predicted molar refractivity (Wildman–Crippen MR) is 85.2 cm³/mol. The molecule has 2 amide bonds. The van der Waals surface area contributed by atoms with Crippen molar-refractivity contribution in [2.45, 2.75) is 20.0 Å². The number of hydrogen-bond acceptors (Lipinski definition) is 4. The van der Waals surface area contributed by atoms with Gasteiger partial charge in [0, 0.05) is 6.54 Å². The summed E-state index contributed by atoms with van der Waals surface area (Å²) in [5.41, 5.74) is -0.181. The summed E-state index contributed by atoms with van der Waals surface area (Å²) in [7, 11) is 0. The summed E-state index contributed by atoms with van der Waals surface area (Å²) >= 11 is 0.671. The van der Waals surface area contributed by atoms with Gasteiger partial charge in [-0.15, -0.1) is 0 Å². The number of benzene rings is 1. The molecule has 1 saturated heterocycles. The molecule has 1 heterocycles. The second-order valence-corrected chi connectivity index (χ2v) is 6.34. The third-order valence-corrected chi connectivity index (χ3v) is 4.09. The zero-order valence-electron chi connectivity index (χ0n) is 12.8. The highest BCUT2D eigenvalue weighted by atomic mass is 32.2. The van der Waals surface area contributed by atoms with E-state index in [1.54, 1.807) is 6.08 Å². The van der Waals surface area contributed by atoms with E-state index >= 15 is 0 Å². The maximum Gasteiger partial charge on any atom is 0.419 e. The molecule has 4 nitrogen and oxygen atoms in total. The summed E-state index contributed by atoms with van der Waals surface area (Å²) in [6.45, 7) is 3.77. The van der Waals surface area contributed by atoms with Gasteiger partial charge >= 0.3 is 6.18 Å². The Kier molecular flexibility index (Phi) is 5.08. The topological polar surface area (TPSA) is 57.6 Å². The normalized spacial score (nSPS) is 16.9. The van der Waals surface area contributed by atoms with Gasteiger partial charge in [-0.2, -0.15) is 13.2 Å². The third kappa shape index (κ3) is 4.00. The number of phenolic OH excluding ortho intramolecular Hbond substituents is 1. The van der Waals surface area contributed by atoms with Gasteiger partial charge in [0.1, 0.15) is 5.75 Å². The summed E-state index contributed by atoms with van der Waals surface area (Å²) in [5.74, 6) is -1.44. The van der Waals surface area contributed by atoms with Gasteiger partial charge < -0.3 is 5.11 Å². The zero-order valence-corrected chi connectivity index (χ0v) is 13.7. The van der Waals surface area contributed by atoms with Crippen molar-refractivity contribution in [2.24, 2.45) is 0 Å². The van der Waals surface area contributed by atoms with Crippen LogP contribution in [-0.2, 0) is 11.0 Å². The summed E-state index contributed by atoms with van der Waals surface area (Å²) in [4.78, 5) is 25.1. The van der Waals surface area contributed by atoms with Crippen molar-refractivity contribution < 1.29 is 27.9 Å². The maximum absolute atomic E-state index is 12.8. The molecule has 1 N–H and O–H groups in total. The number of nitrogens with zero attached hydrogens (tertiary/aromatic N) is 1. The maximum atomic E-state index is 12.8. The summed E-state index contributed by atoms with van der Waals surface area (Å²) < 4.78 is 38.4. The molecule has 1 fully saturated rings. The summed E-state index contributed by atoms with van der Waals surface area (Å²) in [6.07, 6.45) is -1.79. The smallest absolute Gasteiger partial charge is 0.419 e. The number of amides is 2. The number of carbonyl (C=O) groups excluding carboxylic acids is 2. The lowest BCUT2D eigenvalue weighted by molar-refractivity contribution is -0.138. The van der Waals surface area contributed by atoms with Gasteiger partial charge in [-0.1, -0.05) is 17.7 Å². The quantitative estimate of drug-likeness (QED) is 0.643. The highest BCUT2D eigenvalue weighted by molar-refractivity contribution is 8.18. The molecule has 1 aliphatic heterocycles. The van der Waals surface area contributed by atoms with Crippen molar-refractivity contribution in [3.8, 4) is 5.75 Å². The Bertz CT molecular complexity index is 749. The number of alkyl halides is 3. The molecular weight excluding hydrogens is 343 g/mol. The number of phenols is 1. The standard InChI is InChI=1S/C16H14F3NO3S/c1-9(2)5-6-20-14(22)13(24-15(20)23)8-10-3-4-12(21)11(7-10)16(17,18)19/h3-5,7-8,21H,6H2,1-2H3/b13-8+. The van der Waals surface area contributed by atoms with Crippen LogP contribution in [0.2, 0.25) is 0 Å². The molecule has 0 aromatic heterocycles. The number of thioether (sulfide) groups is 1. The minimum absolute atomic E-state index is 0.0426. The molecule has 0 bridgehead atoms. The highest BCUT2D eigenvalue weighted by Gasteiger charge is 2.36. The van der Waals surface area contributed by atoms with Crippen LogP contribution < -0.4 is 0 Å². The zero-order chi connectivity index (χ0) is 18.1. The van der Waals surface area contributed by atoms with Gasteiger partial charge in [0.15, 0.2) is 0 Å². The molecular formula is C16H14F3NO3S. The van der Waals surface area contributed by atoms with E-state index in [9.17, 15) is 27.9 Å². The number of rotatable bonds is 3. The van der Waals surface area contributed by atoms with E-state index in [1.165, 1.54) is 12.1 Å². The van der Waals surface area contributed by atoms with E-state index < -0.39 is 28.6 Å². The van der Waals surface area contributed by atoms with Gasteiger partial charge in [0.2, 0.25) is 0 Å². The van der Waals surface area contributed by atoms with Crippen LogP contribution in [0, 0.1) is 0 Å². The molecule has 128 valence electrons. The number of imide groups is 1. The number of halogens is 3. The predicted octanol–water partition coefficient (Wildman–Crippen LogP) is 4.41. The van der Waals surface area contributed by atoms with Gasteiger partial charge in [-0.3, -0.25) is 14.5 Å². The molecule has 8 heteroatoms. The molecule has 1 aromatic carbocycles. The van der Waals surface area contributed by atoms with E-state index in [2.05, 4.69) is 0 Å².